The molecular formula is C33H22ClN3O2. The smallest absolute Gasteiger partial charge is 0.265 e. The lowest BCUT2D eigenvalue weighted by molar-refractivity contribution is 0.0893. The molecule has 2 heterocycles. The number of hydrogen-bond donors (Lipinski definition) is 0. The second-order valence-electron chi connectivity index (χ2n) is 9.67. The van der Waals surface area contributed by atoms with Crippen LogP contribution in [0.15, 0.2) is 120 Å². The molecule has 188 valence electrons. The standard InChI is InChI=1S/C33H22ClN3O2/c34-22-14-16-24(17-15-22)37-30(21-8-3-1-4-9-21)20-29(35-37)25-18-19-28-31-26(25)12-7-13-27(31)32(38)36(33(28)39)23-10-5-2-6-11-23/h1-19,30H,20H2. The van der Waals surface area contributed by atoms with Crippen LogP contribution in [0.3, 0.4) is 0 Å². The molecule has 7 rings (SSSR count). The average molecular weight is 528 g/mol. The molecule has 0 spiro atoms. The second kappa shape index (κ2) is 9.22. The number of rotatable bonds is 4. The Hall–Kier alpha value is -4.74. The van der Waals surface area contributed by atoms with Crippen molar-refractivity contribution in [2.24, 2.45) is 5.10 Å². The summed E-state index contributed by atoms with van der Waals surface area (Å²) in [7, 11) is 0. The Morgan fingerprint density at radius 3 is 2.00 bits per heavy atom. The Labute approximate surface area is 230 Å². The summed E-state index contributed by atoms with van der Waals surface area (Å²) >= 11 is 6.17. The summed E-state index contributed by atoms with van der Waals surface area (Å²) in [5.41, 5.74) is 5.49. The van der Waals surface area contributed by atoms with Crippen molar-refractivity contribution in [1.29, 1.82) is 0 Å². The lowest BCUT2D eigenvalue weighted by Gasteiger charge is -2.27. The molecule has 5 nitrogen and oxygen atoms in total. The molecule has 0 aromatic heterocycles. The summed E-state index contributed by atoms with van der Waals surface area (Å²) in [4.78, 5) is 28.5. The van der Waals surface area contributed by atoms with Crippen molar-refractivity contribution in [3.63, 3.8) is 0 Å². The summed E-state index contributed by atoms with van der Waals surface area (Å²) < 4.78 is 0. The van der Waals surface area contributed by atoms with Crippen LogP contribution < -0.4 is 9.91 Å². The highest BCUT2D eigenvalue weighted by Crippen LogP contribution is 2.40. The van der Waals surface area contributed by atoms with E-state index in [1.165, 1.54) is 4.90 Å². The van der Waals surface area contributed by atoms with E-state index < -0.39 is 0 Å². The number of carbonyl (C=O) groups is 2. The predicted octanol–water partition coefficient (Wildman–Crippen LogP) is 7.65. The largest absolute Gasteiger partial charge is 0.268 e. The topological polar surface area (TPSA) is 53.0 Å². The van der Waals surface area contributed by atoms with Crippen molar-refractivity contribution in [2.45, 2.75) is 12.5 Å². The highest BCUT2D eigenvalue weighted by Gasteiger charge is 2.36. The Bertz CT molecular complexity index is 1760. The van der Waals surface area contributed by atoms with Crippen LogP contribution >= 0.6 is 11.6 Å². The first kappa shape index (κ1) is 23.4. The minimum absolute atomic E-state index is 0.00923. The van der Waals surface area contributed by atoms with E-state index in [9.17, 15) is 9.59 Å². The first-order valence-electron chi connectivity index (χ1n) is 12.8. The minimum Gasteiger partial charge on any atom is -0.268 e. The van der Waals surface area contributed by atoms with Crippen LogP contribution in [-0.2, 0) is 0 Å². The number of benzene rings is 5. The number of nitrogens with zero attached hydrogens (tertiary/aromatic N) is 3. The van der Waals surface area contributed by atoms with E-state index in [2.05, 4.69) is 12.1 Å². The highest BCUT2D eigenvalue weighted by atomic mass is 35.5. The summed E-state index contributed by atoms with van der Waals surface area (Å²) in [6.07, 6.45) is 0.670. The number of anilines is 2. The second-order valence-corrected chi connectivity index (χ2v) is 10.1. The fourth-order valence-electron chi connectivity index (χ4n) is 5.60. The van der Waals surface area contributed by atoms with Crippen LogP contribution in [0.5, 0.6) is 0 Å². The number of imide groups is 1. The van der Waals surface area contributed by atoms with Gasteiger partial charge in [0.25, 0.3) is 11.8 Å². The van der Waals surface area contributed by atoms with Gasteiger partial charge >= 0.3 is 0 Å². The van der Waals surface area contributed by atoms with Crippen molar-refractivity contribution in [3.8, 4) is 0 Å². The molecular weight excluding hydrogens is 506 g/mol. The summed E-state index contributed by atoms with van der Waals surface area (Å²) in [6, 6.07) is 36.5. The van der Waals surface area contributed by atoms with Crippen molar-refractivity contribution >= 4 is 51.3 Å². The average Bonchev–Trinajstić information content (AvgIpc) is 3.42. The van der Waals surface area contributed by atoms with Crippen LogP contribution in [0, 0.1) is 0 Å². The van der Waals surface area contributed by atoms with Gasteiger partial charge in [-0.25, -0.2) is 4.90 Å². The van der Waals surface area contributed by atoms with Gasteiger partial charge in [-0.05, 0) is 59.5 Å². The lowest BCUT2D eigenvalue weighted by Crippen LogP contribution is -2.40. The molecule has 0 N–H and O–H groups in total. The van der Waals surface area contributed by atoms with Crippen LogP contribution in [-0.4, -0.2) is 17.5 Å². The summed E-state index contributed by atoms with van der Waals surface area (Å²) in [5, 5.41) is 9.33. The van der Waals surface area contributed by atoms with Gasteiger partial charge in [-0.2, -0.15) is 5.10 Å². The Morgan fingerprint density at radius 2 is 1.28 bits per heavy atom. The molecule has 0 radical (unpaired) electrons. The number of hydrazone groups is 1. The minimum atomic E-state index is -0.320. The highest BCUT2D eigenvalue weighted by molar-refractivity contribution is 6.37. The Balaban J connectivity index is 1.36. The number of amides is 2. The monoisotopic (exact) mass is 527 g/mol. The van der Waals surface area contributed by atoms with Gasteiger partial charge < -0.3 is 0 Å². The van der Waals surface area contributed by atoms with E-state index in [1.807, 2.05) is 89.9 Å². The molecule has 2 aliphatic rings. The molecule has 0 bridgehead atoms. The number of halogens is 1. The number of carbonyl (C=O) groups excluding carboxylic acids is 2. The molecule has 6 heteroatoms. The summed E-state index contributed by atoms with van der Waals surface area (Å²) in [5.74, 6) is -0.639. The van der Waals surface area contributed by atoms with Gasteiger partial charge in [-0.1, -0.05) is 78.3 Å². The molecule has 2 aliphatic heterocycles. The van der Waals surface area contributed by atoms with E-state index in [1.54, 1.807) is 18.2 Å². The van der Waals surface area contributed by atoms with E-state index in [0.29, 0.717) is 33.6 Å². The Morgan fingerprint density at radius 1 is 0.641 bits per heavy atom. The van der Waals surface area contributed by atoms with Gasteiger partial charge in [0.05, 0.1) is 23.1 Å². The number of hydrogen-bond acceptors (Lipinski definition) is 4. The third-order valence-corrected chi connectivity index (χ3v) is 7.67. The van der Waals surface area contributed by atoms with Crippen LogP contribution in [0.2, 0.25) is 5.02 Å². The van der Waals surface area contributed by atoms with Crippen molar-refractivity contribution < 1.29 is 9.59 Å². The molecule has 2 amide bonds. The van der Waals surface area contributed by atoms with Crippen molar-refractivity contribution in [1.82, 2.24) is 0 Å². The molecule has 5 aromatic rings. The van der Waals surface area contributed by atoms with Gasteiger partial charge in [-0.15, -0.1) is 0 Å². The maximum atomic E-state index is 13.6. The van der Waals surface area contributed by atoms with Crippen LogP contribution in [0.25, 0.3) is 10.8 Å². The van der Waals surface area contributed by atoms with Gasteiger partial charge in [0, 0.05) is 33.5 Å². The fraction of sp³-hybridized carbons (Fsp3) is 0.0606. The van der Waals surface area contributed by atoms with E-state index in [0.717, 1.165) is 27.9 Å². The maximum absolute atomic E-state index is 13.6. The van der Waals surface area contributed by atoms with Gasteiger partial charge in [0.2, 0.25) is 0 Å². The van der Waals surface area contributed by atoms with E-state index in [4.69, 9.17) is 16.7 Å². The predicted molar refractivity (Wildman–Crippen MR) is 156 cm³/mol. The van der Waals surface area contributed by atoms with Crippen LogP contribution in [0.4, 0.5) is 11.4 Å². The van der Waals surface area contributed by atoms with Gasteiger partial charge in [-0.3, -0.25) is 14.6 Å². The first-order valence-corrected chi connectivity index (χ1v) is 13.1. The third kappa shape index (κ3) is 3.82. The summed E-state index contributed by atoms with van der Waals surface area (Å²) in [6.45, 7) is 0. The molecule has 1 unspecified atom stereocenters. The zero-order valence-corrected chi connectivity index (χ0v) is 21.5. The Kier molecular flexibility index (Phi) is 5.53. The number of para-hydroxylation sites is 1. The van der Waals surface area contributed by atoms with Gasteiger partial charge in [0.15, 0.2) is 0 Å². The quantitative estimate of drug-likeness (QED) is 0.225. The fourth-order valence-corrected chi connectivity index (χ4v) is 5.73. The molecule has 0 aliphatic carbocycles. The normalized spacial score (nSPS) is 16.6. The lowest BCUT2D eigenvalue weighted by atomic mass is 9.88. The molecule has 1 atom stereocenters. The molecule has 39 heavy (non-hydrogen) atoms. The zero-order chi connectivity index (χ0) is 26.5. The van der Waals surface area contributed by atoms with E-state index >= 15 is 0 Å². The van der Waals surface area contributed by atoms with Crippen LogP contribution in [0.1, 0.15) is 44.3 Å². The molecule has 0 saturated heterocycles. The zero-order valence-electron chi connectivity index (χ0n) is 20.8. The van der Waals surface area contributed by atoms with Crippen molar-refractivity contribution in [2.75, 3.05) is 9.91 Å². The third-order valence-electron chi connectivity index (χ3n) is 7.42. The molecule has 0 saturated carbocycles. The first-order chi connectivity index (χ1) is 19.1. The van der Waals surface area contributed by atoms with Crippen molar-refractivity contribution in [3.05, 3.63) is 143 Å². The maximum Gasteiger partial charge on any atom is 0.265 e. The molecule has 5 aromatic carbocycles. The SMILES string of the molecule is O=C1c2cccc3c(C4=NN(c5ccc(Cl)cc5)C(c5ccccc5)C4)ccc(c23)C(=O)N1c1ccccc1. The molecule has 0 fully saturated rings. The van der Waals surface area contributed by atoms with E-state index in [-0.39, 0.29) is 17.9 Å². The van der Waals surface area contributed by atoms with Gasteiger partial charge in [0.1, 0.15) is 0 Å².